The lowest BCUT2D eigenvalue weighted by molar-refractivity contribution is 0.322. The second-order valence-corrected chi connectivity index (χ2v) is 6.51. The zero-order chi connectivity index (χ0) is 19.9. The van der Waals surface area contributed by atoms with Gasteiger partial charge in [-0.05, 0) is 37.5 Å². The first-order chi connectivity index (χ1) is 13.7. The Labute approximate surface area is 167 Å². The summed E-state index contributed by atoms with van der Waals surface area (Å²) in [5.74, 6) is 2.90. The van der Waals surface area contributed by atoms with Crippen LogP contribution < -0.4 is 24.4 Å². The number of ether oxygens (including phenoxy) is 3. The second-order valence-electron chi connectivity index (χ2n) is 6.51. The maximum atomic E-state index is 5.58. The van der Waals surface area contributed by atoms with Crippen molar-refractivity contribution in [2.24, 2.45) is 4.99 Å². The number of benzene rings is 2. The number of fused-ring (bicyclic) bond motifs is 1. The van der Waals surface area contributed by atoms with Crippen molar-refractivity contribution in [2.75, 3.05) is 45.9 Å². The van der Waals surface area contributed by atoms with Gasteiger partial charge in [0.25, 0.3) is 0 Å². The molecule has 150 valence electrons. The van der Waals surface area contributed by atoms with Crippen LogP contribution in [0.4, 0.5) is 5.69 Å². The first-order valence-corrected chi connectivity index (χ1v) is 9.65. The highest BCUT2D eigenvalue weighted by Crippen LogP contribution is 2.39. The van der Waals surface area contributed by atoms with E-state index < -0.39 is 0 Å². The van der Waals surface area contributed by atoms with Crippen LogP contribution in [0, 0.1) is 0 Å². The number of anilines is 1. The van der Waals surface area contributed by atoms with Gasteiger partial charge >= 0.3 is 0 Å². The van der Waals surface area contributed by atoms with Gasteiger partial charge in [-0.15, -0.1) is 0 Å². The predicted molar refractivity (Wildman–Crippen MR) is 113 cm³/mol. The van der Waals surface area contributed by atoms with Gasteiger partial charge in [-0.2, -0.15) is 0 Å². The molecule has 0 amide bonds. The number of hydrogen-bond donors (Lipinski definition) is 1. The number of methoxy groups -OCH3 is 3. The Kier molecular flexibility index (Phi) is 6.63. The maximum Gasteiger partial charge on any atom is 0.203 e. The molecule has 1 N–H and O–H groups in total. The summed E-state index contributed by atoms with van der Waals surface area (Å²) >= 11 is 0. The molecule has 28 heavy (non-hydrogen) atoms. The summed E-state index contributed by atoms with van der Waals surface area (Å²) in [6.45, 7) is 4.52. The highest BCUT2D eigenvalue weighted by molar-refractivity contribution is 5.97. The van der Waals surface area contributed by atoms with Crippen molar-refractivity contribution in [2.45, 2.75) is 19.8 Å². The summed E-state index contributed by atoms with van der Waals surface area (Å²) in [6, 6.07) is 12.4. The number of hydrogen-bond acceptors (Lipinski definition) is 4. The Bertz CT molecular complexity index is 836. The average Bonchev–Trinajstić information content (AvgIpc) is 3.16. The van der Waals surface area contributed by atoms with Crippen LogP contribution in [0.15, 0.2) is 41.4 Å². The van der Waals surface area contributed by atoms with E-state index in [2.05, 4.69) is 41.4 Å². The molecule has 0 atom stereocenters. The van der Waals surface area contributed by atoms with Crippen LogP contribution in [0.1, 0.15) is 18.1 Å². The Hall–Kier alpha value is -2.89. The fraction of sp³-hybridized carbons (Fsp3) is 0.409. The Morgan fingerprint density at radius 3 is 2.54 bits per heavy atom. The lowest BCUT2D eigenvalue weighted by Crippen LogP contribution is -2.40. The van der Waals surface area contributed by atoms with Crippen LogP contribution >= 0.6 is 0 Å². The van der Waals surface area contributed by atoms with E-state index in [0.29, 0.717) is 23.8 Å². The molecule has 2 aromatic carbocycles. The second kappa shape index (κ2) is 9.35. The van der Waals surface area contributed by atoms with E-state index in [1.807, 2.05) is 12.1 Å². The topological polar surface area (TPSA) is 55.3 Å². The summed E-state index contributed by atoms with van der Waals surface area (Å²) < 4.78 is 16.4. The number of nitrogens with zero attached hydrogens (tertiary/aromatic N) is 2. The molecular formula is C22H29N3O3. The fourth-order valence-electron chi connectivity index (χ4n) is 3.60. The van der Waals surface area contributed by atoms with E-state index in [-0.39, 0.29) is 0 Å². The van der Waals surface area contributed by atoms with Crippen molar-refractivity contribution in [3.05, 3.63) is 47.5 Å². The van der Waals surface area contributed by atoms with Crippen molar-refractivity contribution >= 4 is 11.6 Å². The minimum atomic E-state index is 0.617. The van der Waals surface area contributed by atoms with Crippen LogP contribution in [-0.4, -0.2) is 46.9 Å². The quantitative estimate of drug-likeness (QED) is 0.587. The molecule has 0 aliphatic carbocycles. The van der Waals surface area contributed by atoms with Crippen molar-refractivity contribution in [1.82, 2.24) is 5.32 Å². The molecular weight excluding hydrogens is 354 g/mol. The number of rotatable bonds is 7. The zero-order valence-electron chi connectivity index (χ0n) is 17.1. The van der Waals surface area contributed by atoms with Gasteiger partial charge in [-0.3, -0.25) is 4.99 Å². The largest absolute Gasteiger partial charge is 0.493 e. The van der Waals surface area contributed by atoms with E-state index in [9.17, 15) is 0 Å². The van der Waals surface area contributed by atoms with Crippen LogP contribution in [0.25, 0.3) is 0 Å². The van der Waals surface area contributed by atoms with E-state index in [0.717, 1.165) is 37.5 Å². The van der Waals surface area contributed by atoms with Crippen LogP contribution in [0.5, 0.6) is 17.2 Å². The van der Waals surface area contributed by atoms with E-state index in [1.165, 1.54) is 11.3 Å². The molecule has 0 fully saturated rings. The molecule has 1 aliphatic rings. The molecule has 0 saturated carbocycles. The van der Waals surface area contributed by atoms with E-state index in [4.69, 9.17) is 19.2 Å². The van der Waals surface area contributed by atoms with Gasteiger partial charge in [0.1, 0.15) is 0 Å². The Morgan fingerprint density at radius 2 is 1.82 bits per heavy atom. The third-order valence-electron chi connectivity index (χ3n) is 4.91. The molecule has 6 heteroatoms. The highest BCUT2D eigenvalue weighted by Gasteiger charge is 2.22. The smallest absolute Gasteiger partial charge is 0.203 e. The number of para-hydroxylation sites is 1. The Morgan fingerprint density at radius 1 is 1.04 bits per heavy atom. The standard InChI is InChI=1S/C22H29N3O3/c1-5-23-22(25-15-13-16-8-6-7-9-18(16)25)24-14-12-17-10-11-19(26-2)21(28-4)20(17)27-3/h6-11H,5,12-15H2,1-4H3,(H,23,24). The summed E-state index contributed by atoms with van der Waals surface area (Å²) in [5, 5.41) is 3.42. The van der Waals surface area contributed by atoms with Crippen molar-refractivity contribution in [1.29, 1.82) is 0 Å². The van der Waals surface area contributed by atoms with E-state index >= 15 is 0 Å². The van der Waals surface area contributed by atoms with Gasteiger partial charge in [0.2, 0.25) is 5.75 Å². The van der Waals surface area contributed by atoms with Gasteiger partial charge in [-0.1, -0.05) is 24.3 Å². The molecule has 1 aliphatic heterocycles. The van der Waals surface area contributed by atoms with Crippen molar-refractivity contribution < 1.29 is 14.2 Å². The molecule has 0 bridgehead atoms. The van der Waals surface area contributed by atoms with Gasteiger partial charge < -0.3 is 24.4 Å². The van der Waals surface area contributed by atoms with E-state index in [1.54, 1.807) is 21.3 Å². The van der Waals surface area contributed by atoms with Crippen molar-refractivity contribution in [3.8, 4) is 17.2 Å². The Balaban J connectivity index is 1.79. The van der Waals surface area contributed by atoms with Gasteiger partial charge in [-0.25, -0.2) is 0 Å². The maximum absolute atomic E-state index is 5.58. The third-order valence-corrected chi connectivity index (χ3v) is 4.91. The molecule has 0 aromatic heterocycles. The predicted octanol–water partition coefficient (Wildman–Crippen LogP) is 3.28. The lowest BCUT2D eigenvalue weighted by Gasteiger charge is -2.22. The zero-order valence-corrected chi connectivity index (χ0v) is 17.1. The lowest BCUT2D eigenvalue weighted by atomic mass is 10.1. The van der Waals surface area contributed by atoms with Gasteiger partial charge in [0.05, 0.1) is 21.3 Å². The fourth-order valence-corrected chi connectivity index (χ4v) is 3.60. The summed E-state index contributed by atoms with van der Waals surface area (Å²) in [6.07, 6.45) is 1.79. The summed E-state index contributed by atoms with van der Waals surface area (Å²) in [5.41, 5.74) is 3.65. The number of guanidine groups is 1. The molecule has 6 nitrogen and oxygen atoms in total. The normalized spacial score (nSPS) is 13.3. The third kappa shape index (κ3) is 4.01. The van der Waals surface area contributed by atoms with Crippen molar-refractivity contribution in [3.63, 3.8) is 0 Å². The summed E-state index contributed by atoms with van der Waals surface area (Å²) in [7, 11) is 4.89. The first kappa shape index (κ1) is 19.9. The van der Waals surface area contributed by atoms with Gasteiger partial charge in [0.15, 0.2) is 17.5 Å². The van der Waals surface area contributed by atoms with Gasteiger partial charge in [0, 0.05) is 30.9 Å². The molecule has 0 unspecified atom stereocenters. The average molecular weight is 383 g/mol. The minimum Gasteiger partial charge on any atom is -0.493 e. The molecule has 2 aromatic rings. The van der Waals surface area contributed by atoms with Crippen LogP contribution in [-0.2, 0) is 12.8 Å². The molecule has 0 spiro atoms. The van der Waals surface area contributed by atoms with Crippen LogP contribution in [0.2, 0.25) is 0 Å². The molecule has 1 heterocycles. The first-order valence-electron chi connectivity index (χ1n) is 9.65. The number of nitrogens with one attached hydrogen (secondary N) is 1. The minimum absolute atomic E-state index is 0.617. The molecule has 3 rings (SSSR count). The SMILES string of the molecule is CCNC(=NCCc1ccc(OC)c(OC)c1OC)N1CCc2ccccc21. The number of aliphatic imine (C=N–C) groups is 1. The van der Waals surface area contributed by atoms with Crippen LogP contribution in [0.3, 0.4) is 0 Å². The molecule has 0 radical (unpaired) electrons. The molecule has 0 saturated heterocycles. The summed E-state index contributed by atoms with van der Waals surface area (Å²) in [4.78, 5) is 7.14. The monoisotopic (exact) mass is 383 g/mol. The highest BCUT2D eigenvalue weighted by atomic mass is 16.5.